The summed E-state index contributed by atoms with van der Waals surface area (Å²) >= 11 is 1.60. The summed E-state index contributed by atoms with van der Waals surface area (Å²) in [5.74, 6) is 0.929. The number of nitrogens with zero attached hydrogens (tertiary/aromatic N) is 4. The van der Waals surface area contributed by atoms with E-state index in [4.69, 9.17) is 0 Å². The zero-order chi connectivity index (χ0) is 13.8. The van der Waals surface area contributed by atoms with Crippen LogP contribution in [0.2, 0.25) is 0 Å². The molecule has 0 radical (unpaired) electrons. The fraction of sp³-hybridized carbons (Fsp3) is 0.615. The number of aromatic nitrogens is 2. The van der Waals surface area contributed by atoms with Gasteiger partial charge in [-0.1, -0.05) is 6.92 Å². The Balaban J connectivity index is 2.28. The summed E-state index contributed by atoms with van der Waals surface area (Å²) in [6.45, 7) is 5.06. The minimum absolute atomic E-state index is 0.0232. The normalized spacial score (nSPS) is 11.6. The monoisotopic (exact) mass is 282 g/mol. The van der Waals surface area contributed by atoms with Crippen molar-refractivity contribution in [1.82, 2.24) is 14.3 Å². The largest absolute Gasteiger partial charge is 0.390 e. The molecular formula is C13H22N4OS. The number of rotatable bonds is 7. The Morgan fingerprint density at radius 1 is 1.32 bits per heavy atom. The first-order chi connectivity index (χ1) is 9.17. The third kappa shape index (κ3) is 3.08. The first-order valence-corrected chi connectivity index (χ1v) is 7.50. The van der Waals surface area contributed by atoms with Gasteiger partial charge >= 0.3 is 0 Å². The molecule has 0 amide bonds. The van der Waals surface area contributed by atoms with E-state index in [2.05, 4.69) is 35.8 Å². The number of hydrogen-bond acceptors (Lipinski definition) is 5. The molecule has 2 rings (SSSR count). The van der Waals surface area contributed by atoms with Crippen LogP contribution in [0.15, 0.2) is 11.6 Å². The van der Waals surface area contributed by atoms with Crippen LogP contribution in [0.25, 0.3) is 4.96 Å². The molecular weight excluding hydrogens is 260 g/mol. The van der Waals surface area contributed by atoms with Gasteiger partial charge in [0.05, 0.1) is 12.3 Å². The minimum atomic E-state index is 0.0232. The van der Waals surface area contributed by atoms with Crippen LogP contribution >= 0.6 is 11.3 Å². The second kappa shape index (κ2) is 6.36. The number of anilines is 1. The summed E-state index contributed by atoms with van der Waals surface area (Å²) < 4.78 is 1.98. The maximum Gasteiger partial charge on any atom is 0.195 e. The molecule has 5 nitrogen and oxygen atoms in total. The molecule has 19 heavy (non-hydrogen) atoms. The number of imidazole rings is 1. The van der Waals surface area contributed by atoms with E-state index in [1.54, 1.807) is 11.3 Å². The molecule has 0 aliphatic rings. The second-order valence-electron chi connectivity index (χ2n) is 4.89. The Labute approximate surface area is 118 Å². The van der Waals surface area contributed by atoms with Gasteiger partial charge in [-0.3, -0.25) is 4.40 Å². The molecule has 0 spiro atoms. The minimum Gasteiger partial charge on any atom is -0.390 e. The molecule has 0 fully saturated rings. The van der Waals surface area contributed by atoms with E-state index in [-0.39, 0.29) is 6.61 Å². The number of aliphatic hydroxyl groups is 1. The third-order valence-electron chi connectivity index (χ3n) is 3.10. The summed E-state index contributed by atoms with van der Waals surface area (Å²) in [4.78, 5) is 10.1. The van der Waals surface area contributed by atoms with E-state index in [0.29, 0.717) is 0 Å². The van der Waals surface area contributed by atoms with Crippen LogP contribution in [0, 0.1) is 0 Å². The van der Waals surface area contributed by atoms with Crippen molar-refractivity contribution in [1.29, 1.82) is 0 Å². The van der Waals surface area contributed by atoms with Gasteiger partial charge in [0.25, 0.3) is 0 Å². The van der Waals surface area contributed by atoms with Gasteiger partial charge in [0.2, 0.25) is 0 Å². The van der Waals surface area contributed by atoms with E-state index in [1.807, 2.05) is 16.0 Å². The van der Waals surface area contributed by atoms with Gasteiger partial charge in [0.15, 0.2) is 10.8 Å². The van der Waals surface area contributed by atoms with Crippen molar-refractivity contribution in [3.8, 4) is 0 Å². The fourth-order valence-electron chi connectivity index (χ4n) is 2.14. The van der Waals surface area contributed by atoms with E-state index in [1.165, 1.54) is 0 Å². The third-order valence-corrected chi connectivity index (χ3v) is 3.86. The van der Waals surface area contributed by atoms with Crippen molar-refractivity contribution in [2.24, 2.45) is 0 Å². The van der Waals surface area contributed by atoms with Crippen LogP contribution in [0.4, 0.5) is 5.82 Å². The first-order valence-electron chi connectivity index (χ1n) is 6.62. The Kier molecular flexibility index (Phi) is 4.79. The molecule has 1 N–H and O–H groups in total. The fourth-order valence-corrected chi connectivity index (χ4v) is 2.86. The van der Waals surface area contributed by atoms with E-state index < -0.39 is 0 Å². The average Bonchev–Trinajstić information content (AvgIpc) is 2.93. The Bertz CT molecular complexity index is 520. The highest BCUT2D eigenvalue weighted by atomic mass is 32.1. The van der Waals surface area contributed by atoms with Crippen LogP contribution in [0.3, 0.4) is 0 Å². The van der Waals surface area contributed by atoms with E-state index in [9.17, 15) is 5.11 Å². The maximum absolute atomic E-state index is 9.62. The lowest BCUT2D eigenvalue weighted by atomic mass is 10.3. The molecule has 2 aromatic heterocycles. The zero-order valence-corrected chi connectivity index (χ0v) is 12.7. The Hall–Kier alpha value is -1.11. The Morgan fingerprint density at radius 2 is 2.11 bits per heavy atom. The van der Waals surface area contributed by atoms with Crippen molar-refractivity contribution in [2.45, 2.75) is 20.0 Å². The molecule has 0 saturated carbocycles. The van der Waals surface area contributed by atoms with Gasteiger partial charge < -0.3 is 14.9 Å². The zero-order valence-electron chi connectivity index (χ0n) is 11.8. The number of hydrogen-bond donors (Lipinski definition) is 1. The summed E-state index contributed by atoms with van der Waals surface area (Å²) in [6.07, 6.45) is 3.04. The molecule has 106 valence electrons. The molecule has 0 aromatic carbocycles. The second-order valence-corrected chi connectivity index (χ2v) is 5.76. The first kappa shape index (κ1) is 14.3. The highest BCUT2D eigenvalue weighted by molar-refractivity contribution is 7.15. The lowest BCUT2D eigenvalue weighted by molar-refractivity contribution is 0.276. The highest BCUT2D eigenvalue weighted by Crippen LogP contribution is 2.24. The predicted octanol–water partition coefficient (Wildman–Crippen LogP) is 1.67. The molecule has 0 atom stereocenters. The number of aliphatic hydroxyl groups excluding tert-OH is 1. The number of thiazole rings is 1. The topological polar surface area (TPSA) is 44.0 Å². The van der Waals surface area contributed by atoms with E-state index in [0.717, 1.165) is 42.5 Å². The standard InChI is InChI=1S/C13H22N4OS/c1-4-5-16(7-6-15(2)3)12-11(10-18)17-8-9-19-13(17)14-12/h8-9,18H,4-7,10H2,1-3H3. The van der Waals surface area contributed by atoms with Crippen LogP contribution in [-0.4, -0.2) is 53.1 Å². The molecule has 0 saturated heterocycles. The van der Waals surface area contributed by atoms with Crippen molar-refractivity contribution in [3.63, 3.8) is 0 Å². The van der Waals surface area contributed by atoms with Crippen LogP contribution in [-0.2, 0) is 6.61 Å². The predicted molar refractivity (Wildman–Crippen MR) is 80.0 cm³/mol. The van der Waals surface area contributed by atoms with Crippen molar-refractivity contribution < 1.29 is 5.11 Å². The maximum atomic E-state index is 9.62. The van der Waals surface area contributed by atoms with Gasteiger partial charge in [-0.15, -0.1) is 11.3 Å². The summed E-state index contributed by atoms with van der Waals surface area (Å²) in [6, 6.07) is 0. The quantitative estimate of drug-likeness (QED) is 0.839. The van der Waals surface area contributed by atoms with E-state index >= 15 is 0 Å². The van der Waals surface area contributed by atoms with Gasteiger partial charge in [-0.2, -0.15) is 0 Å². The molecule has 0 aliphatic carbocycles. The van der Waals surface area contributed by atoms with Crippen molar-refractivity contribution in [3.05, 3.63) is 17.3 Å². The molecule has 0 aliphatic heterocycles. The SMILES string of the molecule is CCCN(CCN(C)C)c1nc2sccn2c1CO. The number of likely N-dealkylation sites (N-methyl/N-ethyl adjacent to an activating group) is 1. The smallest absolute Gasteiger partial charge is 0.195 e. The molecule has 0 bridgehead atoms. The van der Waals surface area contributed by atoms with Crippen LogP contribution in [0.1, 0.15) is 19.0 Å². The van der Waals surface area contributed by atoms with Gasteiger partial charge in [-0.05, 0) is 20.5 Å². The van der Waals surface area contributed by atoms with Gasteiger partial charge in [0, 0.05) is 31.2 Å². The van der Waals surface area contributed by atoms with Crippen LogP contribution in [0.5, 0.6) is 0 Å². The van der Waals surface area contributed by atoms with Crippen molar-refractivity contribution in [2.75, 3.05) is 38.6 Å². The van der Waals surface area contributed by atoms with Gasteiger partial charge in [-0.25, -0.2) is 4.98 Å². The highest BCUT2D eigenvalue weighted by Gasteiger charge is 2.17. The molecule has 2 aromatic rings. The number of fused-ring (bicyclic) bond motifs is 1. The molecule has 2 heterocycles. The lowest BCUT2D eigenvalue weighted by Crippen LogP contribution is -2.33. The average molecular weight is 282 g/mol. The summed E-state index contributed by atoms with van der Waals surface area (Å²) in [5.41, 5.74) is 0.892. The summed E-state index contributed by atoms with van der Waals surface area (Å²) in [7, 11) is 4.14. The molecule has 0 unspecified atom stereocenters. The summed E-state index contributed by atoms with van der Waals surface area (Å²) in [5, 5.41) is 11.6. The Morgan fingerprint density at radius 3 is 2.74 bits per heavy atom. The van der Waals surface area contributed by atoms with Gasteiger partial charge in [0.1, 0.15) is 0 Å². The van der Waals surface area contributed by atoms with Crippen LogP contribution < -0.4 is 4.90 Å². The molecule has 6 heteroatoms. The lowest BCUT2D eigenvalue weighted by Gasteiger charge is -2.24. The van der Waals surface area contributed by atoms with Crippen molar-refractivity contribution >= 4 is 22.1 Å².